The van der Waals surface area contributed by atoms with E-state index in [1.165, 1.54) is 5.56 Å². The highest BCUT2D eigenvalue weighted by Gasteiger charge is 2.24. The second kappa shape index (κ2) is 6.12. The number of aryl methyl sites for hydroxylation is 2. The van der Waals surface area contributed by atoms with Crippen LogP contribution in [0.25, 0.3) is 0 Å². The normalized spacial score (nSPS) is 12.6. The van der Waals surface area contributed by atoms with E-state index >= 15 is 0 Å². The number of benzene rings is 1. The van der Waals surface area contributed by atoms with E-state index in [4.69, 9.17) is 4.52 Å². The van der Waals surface area contributed by atoms with Crippen molar-refractivity contribution in [1.29, 1.82) is 0 Å². The van der Waals surface area contributed by atoms with Crippen LogP contribution in [-0.2, 0) is 11.2 Å². The molecule has 2 rings (SSSR count). The van der Waals surface area contributed by atoms with Crippen molar-refractivity contribution in [1.82, 2.24) is 5.16 Å². The summed E-state index contributed by atoms with van der Waals surface area (Å²) in [5.74, 6) is -0.280. The summed E-state index contributed by atoms with van der Waals surface area (Å²) in [5, 5.41) is 13.4. The van der Waals surface area contributed by atoms with E-state index in [1.807, 2.05) is 38.1 Å². The SMILES string of the molecule is Cc1noc(C)c1CC(C(=O)O)c1ccc(C(C)C)cc1. The zero-order chi connectivity index (χ0) is 15.6. The minimum Gasteiger partial charge on any atom is -0.481 e. The number of carboxylic acids is 1. The topological polar surface area (TPSA) is 63.3 Å². The molecular formula is C17H21NO3. The van der Waals surface area contributed by atoms with Crippen molar-refractivity contribution in [3.8, 4) is 0 Å². The molecule has 0 saturated heterocycles. The molecule has 4 nitrogen and oxygen atoms in total. The third-order valence-electron chi connectivity index (χ3n) is 3.89. The van der Waals surface area contributed by atoms with Gasteiger partial charge in [-0.25, -0.2) is 0 Å². The Bertz CT molecular complexity index is 606. The predicted octanol–water partition coefficient (Wildman–Crippen LogP) is 3.83. The Hall–Kier alpha value is -2.10. The monoisotopic (exact) mass is 287 g/mol. The molecule has 1 unspecified atom stereocenters. The number of hydrogen-bond acceptors (Lipinski definition) is 3. The molecule has 1 aromatic heterocycles. The lowest BCUT2D eigenvalue weighted by Crippen LogP contribution is -2.15. The van der Waals surface area contributed by atoms with Crippen LogP contribution in [0.1, 0.15) is 53.8 Å². The minimum absolute atomic E-state index is 0.400. The molecule has 4 heteroatoms. The first kappa shape index (κ1) is 15.3. The standard InChI is InChI=1S/C17H21NO3/c1-10(2)13-5-7-14(8-6-13)16(17(19)20)9-15-11(3)18-21-12(15)4/h5-8,10,16H,9H2,1-4H3,(H,19,20). The molecule has 1 heterocycles. The maximum absolute atomic E-state index is 11.6. The van der Waals surface area contributed by atoms with E-state index in [2.05, 4.69) is 19.0 Å². The fraction of sp³-hybridized carbons (Fsp3) is 0.412. The highest BCUT2D eigenvalue weighted by molar-refractivity contribution is 5.76. The molecule has 0 aliphatic rings. The quantitative estimate of drug-likeness (QED) is 0.907. The molecule has 0 aliphatic carbocycles. The molecule has 21 heavy (non-hydrogen) atoms. The Morgan fingerprint density at radius 2 is 1.76 bits per heavy atom. The number of nitrogens with zero attached hydrogens (tertiary/aromatic N) is 1. The van der Waals surface area contributed by atoms with Gasteiger partial charge in [0.1, 0.15) is 5.76 Å². The number of aromatic nitrogens is 1. The summed E-state index contributed by atoms with van der Waals surface area (Å²) in [7, 11) is 0. The van der Waals surface area contributed by atoms with Crippen LogP contribution in [0.3, 0.4) is 0 Å². The van der Waals surface area contributed by atoms with Gasteiger partial charge in [0.2, 0.25) is 0 Å². The van der Waals surface area contributed by atoms with Gasteiger partial charge in [0.05, 0.1) is 11.6 Å². The first-order chi connectivity index (χ1) is 9.90. The molecule has 0 radical (unpaired) electrons. The van der Waals surface area contributed by atoms with Gasteiger partial charge in [-0.3, -0.25) is 4.79 Å². The minimum atomic E-state index is -0.827. The van der Waals surface area contributed by atoms with Gasteiger partial charge in [-0.15, -0.1) is 0 Å². The van der Waals surface area contributed by atoms with Crippen molar-refractivity contribution >= 4 is 5.97 Å². The first-order valence-electron chi connectivity index (χ1n) is 7.14. The molecule has 0 amide bonds. The van der Waals surface area contributed by atoms with Gasteiger partial charge in [-0.1, -0.05) is 43.3 Å². The molecule has 1 aromatic carbocycles. The lowest BCUT2D eigenvalue weighted by molar-refractivity contribution is -0.138. The number of aliphatic carboxylic acids is 1. The summed E-state index contributed by atoms with van der Waals surface area (Å²) in [6.45, 7) is 7.89. The largest absolute Gasteiger partial charge is 0.481 e. The Morgan fingerprint density at radius 1 is 1.19 bits per heavy atom. The number of carbonyl (C=O) groups is 1. The van der Waals surface area contributed by atoms with Crippen molar-refractivity contribution in [3.05, 3.63) is 52.4 Å². The summed E-state index contributed by atoms with van der Waals surface area (Å²) in [6.07, 6.45) is 0.400. The zero-order valence-electron chi connectivity index (χ0n) is 12.9. The van der Waals surface area contributed by atoms with Gasteiger partial charge >= 0.3 is 5.97 Å². The average Bonchev–Trinajstić information content (AvgIpc) is 2.75. The predicted molar refractivity (Wildman–Crippen MR) is 80.6 cm³/mol. The van der Waals surface area contributed by atoms with Gasteiger partial charge in [-0.2, -0.15) is 0 Å². The maximum Gasteiger partial charge on any atom is 0.311 e. The summed E-state index contributed by atoms with van der Waals surface area (Å²) in [5.41, 5.74) is 3.67. The van der Waals surface area contributed by atoms with Gasteiger partial charge < -0.3 is 9.63 Å². The van der Waals surface area contributed by atoms with E-state index in [9.17, 15) is 9.90 Å². The molecule has 0 bridgehead atoms. The number of hydrogen-bond donors (Lipinski definition) is 1. The average molecular weight is 287 g/mol. The summed E-state index contributed by atoms with van der Waals surface area (Å²) in [6, 6.07) is 7.82. The number of rotatable bonds is 5. The van der Waals surface area contributed by atoms with Gasteiger partial charge in [0.25, 0.3) is 0 Å². The van der Waals surface area contributed by atoms with E-state index in [0.717, 1.165) is 16.8 Å². The van der Waals surface area contributed by atoms with Crippen LogP contribution in [0.15, 0.2) is 28.8 Å². The van der Waals surface area contributed by atoms with Crippen LogP contribution < -0.4 is 0 Å². The van der Waals surface area contributed by atoms with Crippen LogP contribution in [-0.4, -0.2) is 16.2 Å². The Kier molecular flexibility index (Phi) is 4.46. The first-order valence-corrected chi connectivity index (χ1v) is 7.14. The molecule has 0 aliphatic heterocycles. The van der Waals surface area contributed by atoms with Crippen molar-refractivity contribution in [2.75, 3.05) is 0 Å². The number of carboxylic acid groups (broad SMARTS) is 1. The Morgan fingerprint density at radius 3 is 2.19 bits per heavy atom. The van der Waals surface area contributed by atoms with Gasteiger partial charge in [0, 0.05) is 5.56 Å². The molecule has 1 atom stereocenters. The van der Waals surface area contributed by atoms with E-state index in [-0.39, 0.29) is 0 Å². The van der Waals surface area contributed by atoms with Crippen LogP contribution >= 0.6 is 0 Å². The molecule has 2 aromatic rings. The second-order valence-electron chi connectivity index (χ2n) is 5.72. The molecular weight excluding hydrogens is 266 g/mol. The van der Waals surface area contributed by atoms with E-state index in [0.29, 0.717) is 18.1 Å². The molecule has 0 spiro atoms. The van der Waals surface area contributed by atoms with Crippen LogP contribution in [0.2, 0.25) is 0 Å². The van der Waals surface area contributed by atoms with Crippen molar-refractivity contribution in [3.63, 3.8) is 0 Å². The van der Waals surface area contributed by atoms with Crippen molar-refractivity contribution < 1.29 is 14.4 Å². The Balaban J connectivity index is 2.29. The highest BCUT2D eigenvalue weighted by atomic mass is 16.5. The van der Waals surface area contributed by atoms with E-state index in [1.54, 1.807) is 0 Å². The third kappa shape index (κ3) is 3.32. The zero-order valence-corrected chi connectivity index (χ0v) is 12.9. The lowest BCUT2D eigenvalue weighted by atomic mass is 9.90. The summed E-state index contributed by atoms with van der Waals surface area (Å²) in [4.78, 5) is 11.6. The fourth-order valence-electron chi connectivity index (χ4n) is 2.46. The third-order valence-corrected chi connectivity index (χ3v) is 3.89. The fourth-order valence-corrected chi connectivity index (χ4v) is 2.46. The van der Waals surface area contributed by atoms with Crippen LogP contribution in [0.4, 0.5) is 0 Å². The molecule has 0 saturated carbocycles. The van der Waals surface area contributed by atoms with Gasteiger partial charge in [-0.05, 0) is 37.3 Å². The second-order valence-corrected chi connectivity index (χ2v) is 5.72. The van der Waals surface area contributed by atoms with Gasteiger partial charge in [0.15, 0.2) is 0 Å². The summed E-state index contributed by atoms with van der Waals surface area (Å²) < 4.78 is 5.12. The highest BCUT2D eigenvalue weighted by Crippen LogP contribution is 2.26. The van der Waals surface area contributed by atoms with E-state index < -0.39 is 11.9 Å². The summed E-state index contributed by atoms with van der Waals surface area (Å²) >= 11 is 0. The van der Waals surface area contributed by atoms with Crippen molar-refractivity contribution in [2.45, 2.75) is 46.0 Å². The Labute approximate surface area is 124 Å². The van der Waals surface area contributed by atoms with Crippen LogP contribution in [0.5, 0.6) is 0 Å². The molecule has 112 valence electrons. The lowest BCUT2D eigenvalue weighted by Gasteiger charge is -2.14. The van der Waals surface area contributed by atoms with Crippen LogP contribution in [0, 0.1) is 13.8 Å². The van der Waals surface area contributed by atoms with Crippen molar-refractivity contribution in [2.24, 2.45) is 0 Å². The smallest absolute Gasteiger partial charge is 0.311 e. The maximum atomic E-state index is 11.6. The molecule has 1 N–H and O–H groups in total. The molecule has 0 fully saturated rings.